The Morgan fingerprint density at radius 3 is 2.47 bits per heavy atom. The van der Waals surface area contributed by atoms with Gasteiger partial charge < -0.3 is 4.57 Å². The number of aromatic nitrogens is 4. The van der Waals surface area contributed by atoms with Gasteiger partial charge in [-0.25, -0.2) is 4.98 Å². The highest BCUT2D eigenvalue weighted by Crippen LogP contribution is 2.29. The number of rotatable bonds is 6. The minimum atomic E-state index is 0.659. The summed E-state index contributed by atoms with van der Waals surface area (Å²) in [5.74, 6) is 0.705. The van der Waals surface area contributed by atoms with Crippen molar-refractivity contribution in [1.29, 1.82) is 0 Å². The average molecular weight is 431 g/mol. The molecule has 0 atom stereocenters. The molecule has 0 aliphatic rings. The van der Waals surface area contributed by atoms with Gasteiger partial charge >= 0.3 is 0 Å². The van der Waals surface area contributed by atoms with Gasteiger partial charge in [0, 0.05) is 22.7 Å². The molecule has 0 amide bonds. The molecule has 0 bridgehead atoms. The van der Waals surface area contributed by atoms with Gasteiger partial charge in [0.05, 0.1) is 5.52 Å². The van der Waals surface area contributed by atoms with E-state index < -0.39 is 0 Å². The van der Waals surface area contributed by atoms with Crippen LogP contribution >= 0.6 is 23.4 Å². The van der Waals surface area contributed by atoms with E-state index in [4.69, 9.17) is 16.6 Å². The predicted molar refractivity (Wildman–Crippen MR) is 124 cm³/mol. The second-order valence-electron chi connectivity index (χ2n) is 7.05. The first-order valence-corrected chi connectivity index (χ1v) is 11.2. The van der Waals surface area contributed by atoms with Crippen molar-refractivity contribution in [3.8, 4) is 0 Å². The fourth-order valence-corrected chi connectivity index (χ4v) is 4.69. The Hall–Kier alpha value is -2.89. The lowest BCUT2D eigenvalue weighted by Crippen LogP contribution is -2.03. The number of thioether (sulfide) groups is 1. The molecule has 6 heteroatoms. The third kappa shape index (κ3) is 3.78. The summed E-state index contributed by atoms with van der Waals surface area (Å²) in [7, 11) is 0. The Morgan fingerprint density at radius 2 is 1.60 bits per heavy atom. The van der Waals surface area contributed by atoms with Crippen molar-refractivity contribution in [3.05, 3.63) is 95.0 Å². The first-order valence-electron chi connectivity index (χ1n) is 9.81. The second-order valence-corrected chi connectivity index (χ2v) is 8.40. The van der Waals surface area contributed by atoms with E-state index in [1.165, 1.54) is 5.56 Å². The van der Waals surface area contributed by atoms with Crippen LogP contribution in [0.2, 0.25) is 5.02 Å². The van der Waals surface area contributed by atoms with E-state index in [0.717, 1.165) is 45.6 Å². The van der Waals surface area contributed by atoms with E-state index in [0.29, 0.717) is 10.9 Å². The molecule has 3 aromatic carbocycles. The largest absolute Gasteiger partial charge is 0.323 e. The van der Waals surface area contributed by atoms with Crippen LogP contribution in [-0.4, -0.2) is 19.7 Å². The second kappa shape index (κ2) is 8.46. The molecule has 0 saturated heterocycles. The number of hydrogen-bond acceptors (Lipinski definition) is 4. The van der Waals surface area contributed by atoms with Gasteiger partial charge in [-0.2, -0.15) is 0 Å². The van der Waals surface area contributed by atoms with Crippen LogP contribution in [0, 0.1) is 0 Å². The molecule has 2 aromatic heterocycles. The number of hydrogen-bond donors (Lipinski definition) is 0. The maximum Gasteiger partial charge on any atom is 0.211 e. The summed E-state index contributed by atoms with van der Waals surface area (Å²) < 4.78 is 2.26. The predicted octanol–water partition coefficient (Wildman–Crippen LogP) is 6.17. The van der Waals surface area contributed by atoms with Crippen LogP contribution < -0.4 is 0 Å². The van der Waals surface area contributed by atoms with Crippen molar-refractivity contribution >= 4 is 45.4 Å². The van der Waals surface area contributed by atoms with Gasteiger partial charge in [0.15, 0.2) is 5.65 Å². The highest BCUT2D eigenvalue weighted by molar-refractivity contribution is 7.98. The number of fused-ring (bicyclic) bond motifs is 3. The molecule has 30 heavy (non-hydrogen) atoms. The van der Waals surface area contributed by atoms with E-state index >= 15 is 0 Å². The molecule has 4 nitrogen and oxygen atoms in total. The summed E-state index contributed by atoms with van der Waals surface area (Å²) in [4.78, 5) is 4.88. The van der Waals surface area contributed by atoms with Crippen LogP contribution in [0.4, 0.5) is 0 Å². The van der Waals surface area contributed by atoms with Crippen molar-refractivity contribution in [1.82, 2.24) is 19.7 Å². The zero-order valence-corrected chi connectivity index (χ0v) is 17.8. The van der Waals surface area contributed by atoms with Crippen LogP contribution in [0.3, 0.4) is 0 Å². The number of nitrogens with zero attached hydrogens (tertiary/aromatic N) is 4. The van der Waals surface area contributed by atoms with Crippen molar-refractivity contribution in [2.24, 2.45) is 0 Å². The van der Waals surface area contributed by atoms with Crippen molar-refractivity contribution in [3.63, 3.8) is 0 Å². The van der Waals surface area contributed by atoms with E-state index in [1.807, 2.05) is 36.4 Å². The van der Waals surface area contributed by atoms with Crippen LogP contribution in [0.15, 0.2) is 84.0 Å². The Morgan fingerprint density at radius 1 is 0.833 bits per heavy atom. The van der Waals surface area contributed by atoms with Gasteiger partial charge in [0.2, 0.25) is 5.16 Å². The van der Waals surface area contributed by atoms with Gasteiger partial charge in [-0.3, -0.25) is 0 Å². The fraction of sp³-hybridized carbons (Fsp3) is 0.125. The summed E-state index contributed by atoms with van der Waals surface area (Å²) >= 11 is 7.84. The maximum atomic E-state index is 6.29. The minimum absolute atomic E-state index is 0.659. The van der Waals surface area contributed by atoms with Gasteiger partial charge in [-0.1, -0.05) is 90.1 Å². The van der Waals surface area contributed by atoms with Crippen LogP contribution in [0.25, 0.3) is 22.1 Å². The van der Waals surface area contributed by atoms with Crippen molar-refractivity contribution in [2.75, 3.05) is 0 Å². The standard InChI is InChI=1S/C24H19ClN4S/c25-20-12-6-4-10-18(20)16-30-24-26-23-22(27-28-24)19-11-5-7-13-21(19)29(23)15-14-17-8-2-1-3-9-17/h1-13H,14-16H2. The zero-order valence-electron chi connectivity index (χ0n) is 16.2. The number of halogens is 1. The van der Waals surface area contributed by atoms with Crippen LogP contribution in [-0.2, 0) is 18.7 Å². The third-order valence-electron chi connectivity index (χ3n) is 5.14. The molecule has 0 spiro atoms. The van der Waals surface area contributed by atoms with Crippen LogP contribution in [0.1, 0.15) is 11.1 Å². The summed E-state index contributed by atoms with van der Waals surface area (Å²) in [6.45, 7) is 0.835. The minimum Gasteiger partial charge on any atom is -0.323 e. The summed E-state index contributed by atoms with van der Waals surface area (Å²) in [5, 5.41) is 11.4. The molecule has 148 valence electrons. The lowest BCUT2D eigenvalue weighted by Gasteiger charge is -2.07. The van der Waals surface area contributed by atoms with Crippen LogP contribution in [0.5, 0.6) is 0 Å². The van der Waals surface area contributed by atoms with Crippen molar-refractivity contribution < 1.29 is 0 Å². The Labute approximate surface area is 183 Å². The number of benzene rings is 3. The summed E-state index contributed by atoms with van der Waals surface area (Å²) in [6, 6.07) is 26.7. The Bertz CT molecular complexity index is 1320. The van der Waals surface area contributed by atoms with Gasteiger partial charge in [0.1, 0.15) is 5.52 Å². The number of para-hydroxylation sites is 1. The quantitative estimate of drug-likeness (QED) is 0.302. The molecule has 0 N–H and O–H groups in total. The SMILES string of the molecule is Clc1ccccc1CSc1nnc2c3ccccc3n(CCc3ccccc3)c2n1. The Kier molecular flexibility index (Phi) is 5.39. The molecular formula is C24H19ClN4S. The van der Waals surface area contributed by atoms with Crippen molar-refractivity contribution in [2.45, 2.75) is 23.9 Å². The van der Waals surface area contributed by atoms with E-state index in [2.05, 4.69) is 57.2 Å². The molecule has 5 rings (SSSR count). The van der Waals surface area contributed by atoms with Gasteiger partial charge in [0.25, 0.3) is 0 Å². The average Bonchev–Trinajstić information content (AvgIpc) is 3.11. The molecule has 0 aliphatic carbocycles. The molecule has 0 radical (unpaired) electrons. The highest BCUT2D eigenvalue weighted by atomic mass is 35.5. The fourth-order valence-electron chi connectivity index (χ4n) is 3.62. The first-order chi connectivity index (χ1) is 14.8. The zero-order chi connectivity index (χ0) is 20.3. The molecule has 0 fully saturated rings. The lowest BCUT2D eigenvalue weighted by molar-refractivity contribution is 0.727. The maximum absolute atomic E-state index is 6.29. The first kappa shape index (κ1) is 19.1. The van der Waals surface area contributed by atoms with E-state index in [9.17, 15) is 0 Å². The van der Waals surface area contributed by atoms with Gasteiger partial charge in [-0.05, 0) is 29.7 Å². The molecule has 0 unspecified atom stereocenters. The molecule has 5 aromatic rings. The lowest BCUT2D eigenvalue weighted by atomic mass is 10.1. The molecule has 2 heterocycles. The monoisotopic (exact) mass is 430 g/mol. The molecule has 0 aliphatic heterocycles. The van der Waals surface area contributed by atoms with E-state index in [1.54, 1.807) is 11.8 Å². The number of aryl methyl sites for hydroxylation is 2. The summed E-state index contributed by atoms with van der Waals surface area (Å²) in [5.41, 5.74) is 5.24. The summed E-state index contributed by atoms with van der Waals surface area (Å²) in [6.07, 6.45) is 0.931. The van der Waals surface area contributed by atoms with Gasteiger partial charge in [-0.15, -0.1) is 10.2 Å². The normalized spacial score (nSPS) is 11.4. The third-order valence-corrected chi connectivity index (χ3v) is 6.39. The topological polar surface area (TPSA) is 43.6 Å². The molecule has 0 saturated carbocycles. The Balaban J connectivity index is 1.50. The highest BCUT2D eigenvalue weighted by Gasteiger charge is 2.15. The molecular weight excluding hydrogens is 412 g/mol. The van der Waals surface area contributed by atoms with E-state index in [-0.39, 0.29) is 0 Å². The smallest absolute Gasteiger partial charge is 0.211 e.